The van der Waals surface area contributed by atoms with E-state index in [0.717, 1.165) is 4.90 Å². The third-order valence-electron chi connectivity index (χ3n) is 3.66. The highest BCUT2D eigenvalue weighted by atomic mass is 16.6. The van der Waals surface area contributed by atoms with E-state index in [1.54, 1.807) is 0 Å². The molecule has 0 saturated carbocycles. The molecule has 1 aromatic rings. The number of unbranched alkanes of at least 4 members (excludes halogenated alkanes) is 2. The van der Waals surface area contributed by atoms with Gasteiger partial charge in [0.05, 0.1) is 17.6 Å². The van der Waals surface area contributed by atoms with E-state index in [1.807, 2.05) is 0 Å². The number of imide groups is 1. The standard InChI is InChI=1S/C15H16N2O6/c1-23-12(18)8-3-2-4-9-16-14(19)10-6-5-7-11(17(21)22)13(10)15(16)20/h5-7H,2-4,8-9H2,1H3. The van der Waals surface area contributed by atoms with Gasteiger partial charge in [-0.1, -0.05) is 12.5 Å². The molecule has 0 bridgehead atoms. The van der Waals surface area contributed by atoms with Gasteiger partial charge in [0.25, 0.3) is 17.5 Å². The number of carbonyl (C=O) groups excluding carboxylic acids is 3. The quantitative estimate of drug-likeness (QED) is 0.250. The summed E-state index contributed by atoms with van der Waals surface area (Å²) in [6.45, 7) is 0.171. The molecule has 0 spiro atoms. The minimum atomic E-state index is -0.663. The minimum absolute atomic E-state index is 0.0683. The maximum Gasteiger partial charge on any atom is 0.305 e. The summed E-state index contributed by atoms with van der Waals surface area (Å²) in [5.74, 6) is -1.45. The number of ether oxygens (including phenoxy) is 1. The van der Waals surface area contributed by atoms with Gasteiger partial charge in [0.2, 0.25) is 0 Å². The number of hydrogen-bond acceptors (Lipinski definition) is 6. The highest BCUT2D eigenvalue weighted by Crippen LogP contribution is 2.30. The van der Waals surface area contributed by atoms with Gasteiger partial charge in [-0.3, -0.25) is 29.4 Å². The van der Waals surface area contributed by atoms with Crippen molar-refractivity contribution in [2.45, 2.75) is 25.7 Å². The number of amides is 2. The Hall–Kier alpha value is -2.77. The lowest BCUT2D eigenvalue weighted by atomic mass is 10.1. The lowest BCUT2D eigenvalue weighted by Crippen LogP contribution is -2.30. The Morgan fingerprint density at radius 3 is 2.61 bits per heavy atom. The van der Waals surface area contributed by atoms with Crippen LogP contribution in [0.4, 0.5) is 5.69 Å². The average Bonchev–Trinajstić information content (AvgIpc) is 2.78. The summed E-state index contributed by atoms with van der Waals surface area (Å²) < 4.78 is 4.52. The van der Waals surface area contributed by atoms with Crippen LogP contribution in [-0.2, 0) is 9.53 Å². The Kier molecular flexibility index (Phi) is 5.05. The first-order chi connectivity index (χ1) is 11.0. The fourth-order valence-electron chi connectivity index (χ4n) is 2.49. The maximum absolute atomic E-state index is 12.3. The molecule has 23 heavy (non-hydrogen) atoms. The Labute approximate surface area is 132 Å². The monoisotopic (exact) mass is 320 g/mol. The number of nitrogens with zero attached hydrogens (tertiary/aromatic N) is 2. The van der Waals surface area contributed by atoms with Crippen LogP contribution in [0, 0.1) is 10.1 Å². The van der Waals surface area contributed by atoms with E-state index in [4.69, 9.17) is 0 Å². The van der Waals surface area contributed by atoms with Crippen molar-refractivity contribution in [3.63, 3.8) is 0 Å². The first-order valence-electron chi connectivity index (χ1n) is 7.17. The smallest absolute Gasteiger partial charge is 0.305 e. The second kappa shape index (κ2) is 6.99. The summed E-state index contributed by atoms with van der Waals surface area (Å²) in [5.41, 5.74) is -0.426. The van der Waals surface area contributed by atoms with Gasteiger partial charge in [0.15, 0.2) is 0 Å². The molecule has 0 aromatic heterocycles. The van der Waals surface area contributed by atoms with Crippen molar-refractivity contribution >= 4 is 23.5 Å². The summed E-state index contributed by atoms with van der Waals surface area (Å²) in [6.07, 6.45) is 2.04. The molecule has 0 atom stereocenters. The zero-order valence-electron chi connectivity index (χ0n) is 12.6. The number of carbonyl (C=O) groups is 3. The first-order valence-corrected chi connectivity index (χ1v) is 7.17. The van der Waals surface area contributed by atoms with Crippen LogP contribution in [0.25, 0.3) is 0 Å². The van der Waals surface area contributed by atoms with Crippen LogP contribution in [0.1, 0.15) is 46.4 Å². The molecule has 8 heteroatoms. The second-order valence-corrected chi connectivity index (χ2v) is 5.11. The Morgan fingerprint density at radius 1 is 1.22 bits per heavy atom. The molecule has 0 radical (unpaired) electrons. The van der Waals surface area contributed by atoms with Crippen molar-refractivity contribution in [2.75, 3.05) is 13.7 Å². The fourth-order valence-corrected chi connectivity index (χ4v) is 2.49. The lowest BCUT2D eigenvalue weighted by Gasteiger charge is -2.13. The van der Waals surface area contributed by atoms with Crippen molar-refractivity contribution in [1.29, 1.82) is 0 Å². The van der Waals surface area contributed by atoms with Crippen molar-refractivity contribution < 1.29 is 24.0 Å². The van der Waals surface area contributed by atoms with Crippen molar-refractivity contribution in [1.82, 2.24) is 4.90 Å². The van der Waals surface area contributed by atoms with Crippen LogP contribution in [-0.4, -0.2) is 41.3 Å². The molecule has 122 valence electrons. The molecule has 8 nitrogen and oxygen atoms in total. The van der Waals surface area contributed by atoms with E-state index in [9.17, 15) is 24.5 Å². The number of nitro groups is 1. The van der Waals surface area contributed by atoms with E-state index < -0.39 is 16.7 Å². The van der Waals surface area contributed by atoms with Crippen LogP contribution >= 0.6 is 0 Å². The fraction of sp³-hybridized carbons (Fsp3) is 0.400. The Morgan fingerprint density at radius 2 is 1.96 bits per heavy atom. The Bertz CT molecular complexity index is 670. The molecular formula is C15H16N2O6. The minimum Gasteiger partial charge on any atom is -0.469 e. The normalized spacial score (nSPS) is 13.2. The molecule has 0 N–H and O–H groups in total. The van der Waals surface area contributed by atoms with Gasteiger partial charge in [0.1, 0.15) is 5.56 Å². The SMILES string of the molecule is COC(=O)CCCCCN1C(=O)c2cccc([N+](=O)[O-])c2C1=O. The van der Waals surface area contributed by atoms with Gasteiger partial charge in [0, 0.05) is 19.0 Å². The predicted molar refractivity (Wildman–Crippen MR) is 78.9 cm³/mol. The molecule has 1 aliphatic heterocycles. The number of methoxy groups -OCH3 is 1. The predicted octanol–water partition coefficient (Wildman–Crippen LogP) is 1.92. The van der Waals surface area contributed by atoms with Gasteiger partial charge < -0.3 is 4.74 Å². The van der Waals surface area contributed by atoms with Gasteiger partial charge in [-0.05, 0) is 18.9 Å². The summed E-state index contributed by atoms with van der Waals surface area (Å²) in [6, 6.07) is 4.02. The molecule has 2 rings (SSSR count). The number of fused-ring (bicyclic) bond motifs is 1. The highest BCUT2D eigenvalue weighted by Gasteiger charge is 2.40. The molecule has 1 aromatic carbocycles. The van der Waals surface area contributed by atoms with Crippen LogP contribution in [0.15, 0.2) is 18.2 Å². The van der Waals surface area contributed by atoms with Crippen LogP contribution in [0.5, 0.6) is 0 Å². The van der Waals surface area contributed by atoms with E-state index in [2.05, 4.69) is 4.74 Å². The average molecular weight is 320 g/mol. The van der Waals surface area contributed by atoms with Gasteiger partial charge in [-0.15, -0.1) is 0 Å². The van der Waals surface area contributed by atoms with Crippen LogP contribution in [0.3, 0.4) is 0 Å². The third kappa shape index (κ3) is 3.36. The summed E-state index contributed by atoms with van der Waals surface area (Å²) >= 11 is 0. The Balaban J connectivity index is 2.00. The molecule has 2 amide bonds. The second-order valence-electron chi connectivity index (χ2n) is 5.11. The molecule has 0 unspecified atom stereocenters. The van der Waals surface area contributed by atoms with E-state index in [0.29, 0.717) is 19.3 Å². The van der Waals surface area contributed by atoms with Crippen LogP contribution in [0.2, 0.25) is 0 Å². The number of hydrogen-bond donors (Lipinski definition) is 0. The first kappa shape index (κ1) is 16.6. The molecule has 0 saturated heterocycles. The zero-order valence-corrected chi connectivity index (χ0v) is 12.6. The van der Waals surface area contributed by atoms with Gasteiger partial charge in [-0.25, -0.2) is 0 Å². The van der Waals surface area contributed by atoms with E-state index in [-0.39, 0.29) is 35.7 Å². The topological polar surface area (TPSA) is 107 Å². The number of nitro benzene ring substituents is 1. The summed E-state index contributed by atoms with van der Waals surface area (Å²) in [4.78, 5) is 46.8. The lowest BCUT2D eigenvalue weighted by molar-refractivity contribution is -0.385. The van der Waals surface area contributed by atoms with Gasteiger partial charge in [-0.2, -0.15) is 0 Å². The van der Waals surface area contributed by atoms with Gasteiger partial charge >= 0.3 is 5.97 Å². The van der Waals surface area contributed by atoms with Crippen LogP contribution < -0.4 is 0 Å². The largest absolute Gasteiger partial charge is 0.469 e. The maximum atomic E-state index is 12.3. The molecule has 0 fully saturated rings. The number of benzene rings is 1. The van der Waals surface area contributed by atoms with Crippen molar-refractivity contribution in [2.24, 2.45) is 0 Å². The van der Waals surface area contributed by atoms with Crippen molar-refractivity contribution in [3.05, 3.63) is 39.4 Å². The zero-order chi connectivity index (χ0) is 17.0. The number of rotatable bonds is 7. The third-order valence-corrected chi connectivity index (χ3v) is 3.66. The van der Waals surface area contributed by atoms with Crippen molar-refractivity contribution in [3.8, 4) is 0 Å². The molecular weight excluding hydrogens is 304 g/mol. The number of esters is 1. The summed E-state index contributed by atoms with van der Waals surface area (Å²) in [5, 5.41) is 11.0. The summed E-state index contributed by atoms with van der Waals surface area (Å²) in [7, 11) is 1.31. The molecule has 0 aliphatic carbocycles. The van der Waals surface area contributed by atoms with E-state index in [1.165, 1.54) is 25.3 Å². The molecule has 1 heterocycles. The van der Waals surface area contributed by atoms with E-state index >= 15 is 0 Å². The molecule has 1 aliphatic rings. The highest BCUT2D eigenvalue weighted by molar-refractivity contribution is 6.23.